The summed E-state index contributed by atoms with van der Waals surface area (Å²) in [6.45, 7) is 6.68. The van der Waals surface area contributed by atoms with Crippen LogP contribution in [-0.4, -0.2) is 69.8 Å². The summed E-state index contributed by atoms with van der Waals surface area (Å²) < 4.78 is 10.9. The maximum absolute atomic E-state index is 5.48. The molecular formula is C23H39IN4O2. The summed E-state index contributed by atoms with van der Waals surface area (Å²) in [6.07, 6.45) is 8.96. The van der Waals surface area contributed by atoms with E-state index in [2.05, 4.69) is 32.2 Å². The third-order valence-corrected chi connectivity index (χ3v) is 6.11. The summed E-state index contributed by atoms with van der Waals surface area (Å²) in [7, 11) is 5.26. The van der Waals surface area contributed by atoms with Gasteiger partial charge >= 0.3 is 0 Å². The second kappa shape index (κ2) is 13.2. The summed E-state index contributed by atoms with van der Waals surface area (Å²) in [5.41, 5.74) is 2.63. The van der Waals surface area contributed by atoms with Gasteiger partial charge in [-0.25, -0.2) is 0 Å². The van der Waals surface area contributed by atoms with Crippen LogP contribution in [0.3, 0.4) is 0 Å². The molecule has 0 aliphatic carbocycles. The number of nitrogens with one attached hydrogen (secondary N) is 1. The maximum atomic E-state index is 5.48. The van der Waals surface area contributed by atoms with Crippen LogP contribution in [0.2, 0.25) is 0 Å². The van der Waals surface area contributed by atoms with Crippen molar-refractivity contribution in [2.24, 2.45) is 4.99 Å². The standard InChI is InChI=1S/C23H38N4O2.HI/c1-24-23(25-11-6-4-7-12-26-13-8-5-9-14-26)27-15-10-19-16-21(28-2)22(29-3)17-20(19)18-27;/h16-17H,4-15,18H2,1-3H3,(H,24,25);1H. The number of aliphatic imine (C=N–C) groups is 1. The van der Waals surface area contributed by atoms with E-state index in [0.29, 0.717) is 0 Å². The number of ether oxygens (including phenoxy) is 2. The molecule has 0 radical (unpaired) electrons. The van der Waals surface area contributed by atoms with Crippen LogP contribution in [0.15, 0.2) is 17.1 Å². The first-order chi connectivity index (χ1) is 14.2. The van der Waals surface area contributed by atoms with E-state index in [1.807, 2.05) is 7.05 Å². The lowest BCUT2D eigenvalue weighted by atomic mass is 9.99. The van der Waals surface area contributed by atoms with Crippen LogP contribution in [0.5, 0.6) is 11.5 Å². The highest BCUT2D eigenvalue weighted by molar-refractivity contribution is 14.0. The van der Waals surface area contributed by atoms with Crippen LogP contribution in [0, 0.1) is 0 Å². The molecule has 0 bridgehead atoms. The highest BCUT2D eigenvalue weighted by atomic mass is 127. The number of guanidine groups is 1. The van der Waals surface area contributed by atoms with E-state index in [4.69, 9.17) is 9.47 Å². The van der Waals surface area contributed by atoms with E-state index in [1.165, 1.54) is 69.3 Å². The SMILES string of the molecule is CN=C(NCCCCCN1CCCCC1)N1CCc2cc(OC)c(OC)cc2C1.I. The van der Waals surface area contributed by atoms with Gasteiger partial charge in [-0.1, -0.05) is 12.8 Å². The average molecular weight is 530 g/mol. The van der Waals surface area contributed by atoms with Crippen molar-refractivity contribution in [2.75, 3.05) is 54.0 Å². The molecule has 170 valence electrons. The van der Waals surface area contributed by atoms with Gasteiger partial charge in [0.15, 0.2) is 17.5 Å². The molecule has 1 N–H and O–H groups in total. The van der Waals surface area contributed by atoms with Crippen LogP contribution in [0.1, 0.15) is 49.7 Å². The Morgan fingerprint density at radius 2 is 1.67 bits per heavy atom. The number of fused-ring (bicyclic) bond motifs is 1. The Labute approximate surface area is 199 Å². The van der Waals surface area contributed by atoms with Crippen molar-refractivity contribution in [2.45, 2.75) is 51.5 Å². The normalized spacial score (nSPS) is 17.2. The number of halogens is 1. The second-order valence-corrected chi connectivity index (χ2v) is 8.08. The first-order valence-electron chi connectivity index (χ1n) is 11.2. The number of hydrogen-bond acceptors (Lipinski definition) is 4. The highest BCUT2D eigenvalue weighted by Gasteiger charge is 2.21. The zero-order valence-corrected chi connectivity index (χ0v) is 21.2. The Hall–Kier alpha value is -1.22. The predicted octanol–water partition coefficient (Wildman–Crippen LogP) is 3.91. The summed E-state index contributed by atoms with van der Waals surface area (Å²) in [5.74, 6) is 2.61. The smallest absolute Gasteiger partial charge is 0.193 e. The van der Waals surface area contributed by atoms with E-state index in [0.717, 1.165) is 43.5 Å². The van der Waals surface area contributed by atoms with Gasteiger partial charge in [0.1, 0.15) is 0 Å². The Balaban J connectivity index is 0.00000320. The molecular weight excluding hydrogens is 491 g/mol. The average Bonchev–Trinajstić information content (AvgIpc) is 2.78. The maximum Gasteiger partial charge on any atom is 0.193 e. The molecule has 0 aromatic heterocycles. The molecule has 0 saturated carbocycles. The lowest BCUT2D eigenvalue weighted by Gasteiger charge is -2.32. The summed E-state index contributed by atoms with van der Waals surface area (Å²) in [6, 6.07) is 4.22. The minimum absolute atomic E-state index is 0. The fourth-order valence-electron chi connectivity index (χ4n) is 4.42. The van der Waals surface area contributed by atoms with Crippen molar-refractivity contribution in [1.82, 2.24) is 15.1 Å². The van der Waals surface area contributed by atoms with Gasteiger partial charge in [0.05, 0.1) is 14.2 Å². The molecule has 0 spiro atoms. The van der Waals surface area contributed by atoms with Crippen LogP contribution in [0.25, 0.3) is 0 Å². The minimum Gasteiger partial charge on any atom is -0.493 e. The predicted molar refractivity (Wildman–Crippen MR) is 135 cm³/mol. The molecule has 30 heavy (non-hydrogen) atoms. The van der Waals surface area contributed by atoms with Crippen LogP contribution >= 0.6 is 24.0 Å². The Morgan fingerprint density at radius 1 is 0.967 bits per heavy atom. The molecule has 2 heterocycles. The van der Waals surface area contributed by atoms with Gasteiger partial charge in [0.25, 0.3) is 0 Å². The van der Waals surface area contributed by atoms with Gasteiger partial charge < -0.3 is 24.6 Å². The Kier molecular flexibility index (Phi) is 11.1. The lowest BCUT2D eigenvalue weighted by Crippen LogP contribution is -2.44. The number of benzene rings is 1. The third-order valence-electron chi connectivity index (χ3n) is 6.11. The van der Waals surface area contributed by atoms with Crippen molar-refractivity contribution in [3.05, 3.63) is 23.3 Å². The molecule has 2 aliphatic rings. The van der Waals surface area contributed by atoms with E-state index in [-0.39, 0.29) is 24.0 Å². The second-order valence-electron chi connectivity index (χ2n) is 8.08. The fraction of sp³-hybridized carbons (Fsp3) is 0.696. The molecule has 0 amide bonds. The molecule has 1 aromatic rings. The molecule has 0 atom stereocenters. The highest BCUT2D eigenvalue weighted by Crippen LogP contribution is 2.33. The van der Waals surface area contributed by atoms with Gasteiger partial charge in [-0.3, -0.25) is 4.99 Å². The molecule has 0 unspecified atom stereocenters. The monoisotopic (exact) mass is 530 g/mol. The zero-order chi connectivity index (χ0) is 20.5. The fourth-order valence-corrected chi connectivity index (χ4v) is 4.42. The number of unbranched alkanes of at least 4 members (excludes halogenated alkanes) is 2. The molecule has 1 fully saturated rings. The molecule has 3 rings (SSSR count). The van der Waals surface area contributed by atoms with Gasteiger partial charge in [0.2, 0.25) is 0 Å². The summed E-state index contributed by atoms with van der Waals surface area (Å²) >= 11 is 0. The number of rotatable bonds is 8. The molecule has 6 nitrogen and oxygen atoms in total. The summed E-state index contributed by atoms with van der Waals surface area (Å²) in [5, 5.41) is 3.57. The zero-order valence-electron chi connectivity index (χ0n) is 18.9. The van der Waals surface area contributed by atoms with Crippen molar-refractivity contribution in [1.29, 1.82) is 0 Å². The van der Waals surface area contributed by atoms with Crippen molar-refractivity contribution in [3.8, 4) is 11.5 Å². The van der Waals surface area contributed by atoms with E-state index in [9.17, 15) is 0 Å². The number of piperidine rings is 1. The molecule has 1 saturated heterocycles. The third kappa shape index (κ3) is 6.90. The Bertz CT molecular complexity index is 677. The van der Waals surface area contributed by atoms with Gasteiger partial charge in [-0.15, -0.1) is 24.0 Å². The largest absolute Gasteiger partial charge is 0.493 e. The number of nitrogens with zero attached hydrogens (tertiary/aromatic N) is 3. The molecule has 7 heteroatoms. The number of likely N-dealkylation sites (tertiary alicyclic amines) is 1. The summed E-state index contributed by atoms with van der Waals surface area (Å²) in [4.78, 5) is 9.48. The quantitative estimate of drug-likeness (QED) is 0.239. The number of methoxy groups -OCH3 is 2. The van der Waals surface area contributed by atoms with E-state index < -0.39 is 0 Å². The van der Waals surface area contributed by atoms with Crippen molar-refractivity contribution in [3.63, 3.8) is 0 Å². The van der Waals surface area contributed by atoms with Crippen molar-refractivity contribution < 1.29 is 9.47 Å². The lowest BCUT2D eigenvalue weighted by molar-refractivity contribution is 0.224. The molecule has 2 aliphatic heterocycles. The van der Waals surface area contributed by atoms with E-state index >= 15 is 0 Å². The number of hydrogen-bond donors (Lipinski definition) is 1. The van der Waals surface area contributed by atoms with Gasteiger partial charge in [-0.05, 0) is 75.0 Å². The Morgan fingerprint density at radius 3 is 2.33 bits per heavy atom. The minimum atomic E-state index is 0. The topological polar surface area (TPSA) is 49.3 Å². The van der Waals surface area contributed by atoms with E-state index in [1.54, 1.807) is 14.2 Å². The molecule has 1 aromatic carbocycles. The van der Waals surface area contributed by atoms with Crippen molar-refractivity contribution >= 4 is 29.9 Å². The van der Waals surface area contributed by atoms with Crippen LogP contribution in [-0.2, 0) is 13.0 Å². The van der Waals surface area contributed by atoms with Crippen LogP contribution < -0.4 is 14.8 Å². The first kappa shape index (κ1) is 25.0. The first-order valence-corrected chi connectivity index (χ1v) is 11.2. The van der Waals surface area contributed by atoms with Crippen LogP contribution in [0.4, 0.5) is 0 Å². The van der Waals surface area contributed by atoms with Gasteiger partial charge in [0, 0.05) is 26.7 Å². The van der Waals surface area contributed by atoms with Gasteiger partial charge in [-0.2, -0.15) is 0 Å².